The Labute approximate surface area is 132 Å². The third-order valence-corrected chi connectivity index (χ3v) is 3.78. The number of carbonyl (C=O) groups is 2. The molecule has 0 unspecified atom stereocenters. The van der Waals surface area contributed by atoms with Crippen molar-refractivity contribution < 1.29 is 19.1 Å². The van der Waals surface area contributed by atoms with Gasteiger partial charge in [0.1, 0.15) is 17.6 Å². The first-order valence-corrected chi connectivity index (χ1v) is 7.22. The van der Waals surface area contributed by atoms with Crippen molar-refractivity contribution >= 4 is 17.5 Å². The van der Waals surface area contributed by atoms with E-state index in [0.29, 0.717) is 13.0 Å². The van der Waals surface area contributed by atoms with Crippen molar-refractivity contribution in [2.24, 2.45) is 0 Å². The fraction of sp³-hybridized carbons (Fsp3) is 0.176. The van der Waals surface area contributed by atoms with Gasteiger partial charge < -0.3 is 15.3 Å². The zero-order valence-corrected chi connectivity index (χ0v) is 12.2. The maximum Gasteiger partial charge on any atom is 0.254 e. The van der Waals surface area contributed by atoms with Crippen LogP contribution in [0.15, 0.2) is 48.5 Å². The van der Waals surface area contributed by atoms with Crippen molar-refractivity contribution in [3.8, 4) is 5.75 Å². The van der Waals surface area contributed by atoms with Gasteiger partial charge in [-0.3, -0.25) is 9.59 Å². The molecule has 0 bridgehead atoms. The van der Waals surface area contributed by atoms with Crippen molar-refractivity contribution in [1.29, 1.82) is 0 Å². The Bertz CT molecular complexity index is 749. The molecule has 118 valence electrons. The highest BCUT2D eigenvalue weighted by molar-refractivity contribution is 6.04. The molecule has 0 aromatic heterocycles. The molecule has 1 atom stereocenters. The molecule has 3 rings (SSSR count). The fourth-order valence-electron chi connectivity index (χ4n) is 2.60. The number of nitrogens with one attached hydrogen (secondary N) is 1. The first kappa shape index (κ1) is 15.0. The Kier molecular flexibility index (Phi) is 3.97. The second-order valence-electron chi connectivity index (χ2n) is 5.30. The summed E-state index contributed by atoms with van der Waals surface area (Å²) in [5.41, 5.74) is 0.568. The lowest BCUT2D eigenvalue weighted by molar-refractivity contribution is -0.118. The molecule has 0 aliphatic carbocycles. The van der Waals surface area contributed by atoms with E-state index in [9.17, 15) is 19.1 Å². The number of anilines is 1. The minimum absolute atomic E-state index is 0.200. The van der Waals surface area contributed by atoms with E-state index >= 15 is 0 Å². The van der Waals surface area contributed by atoms with E-state index in [2.05, 4.69) is 5.32 Å². The van der Waals surface area contributed by atoms with Crippen LogP contribution in [0.1, 0.15) is 16.8 Å². The van der Waals surface area contributed by atoms with Crippen LogP contribution < -0.4 is 10.2 Å². The van der Waals surface area contributed by atoms with Crippen molar-refractivity contribution in [2.75, 3.05) is 11.4 Å². The van der Waals surface area contributed by atoms with Gasteiger partial charge in [0.25, 0.3) is 5.91 Å². The summed E-state index contributed by atoms with van der Waals surface area (Å²) >= 11 is 0. The molecule has 23 heavy (non-hydrogen) atoms. The standard InChI is InChI=1S/C17H15FN2O3/c18-14-10-12(21)6-7-13(14)16(22)19-15-8-9-20(17(15)23)11-4-2-1-3-5-11/h1-7,10,15,21H,8-9H2,(H,19,22)/t15-/m0/s1. The van der Waals surface area contributed by atoms with Gasteiger partial charge in [0.05, 0.1) is 5.56 Å². The van der Waals surface area contributed by atoms with E-state index < -0.39 is 17.8 Å². The van der Waals surface area contributed by atoms with Crippen LogP contribution in [0.4, 0.5) is 10.1 Å². The Hall–Kier alpha value is -2.89. The summed E-state index contributed by atoms with van der Waals surface area (Å²) in [7, 11) is 0. The Morgan fingerprint density at radius 2 is 1.96 bits per heavy atom. The molecule has 1 aliphatic heterocycles. The van der Waals surface area contributed by atoms with E-state index in [-0.39, 0.29) is 17.2 Å². The van der Waals surface area contributed by atoms with Gasteiger partial charge in [-0.05, 0) is 30.7 Å². The average molecular weight is 314 g/mol. The van der Waals surface area contributed by atoms with E-state index in [0.717, 1.165) is 11.8 Å². The van der Waals surface area contributed by atoms with Crippen LogP contribution in [0.5, 0.6) is 5.75 Å². The summed E-state index contributed by atoms with van der Waals surface area (Å²) in [4.78, 5) is 26.1. The zero-order chi connectivity index (χ0) is 16.4. The number of benzene rings is 2. The van der Waals surface area contributed by atoms with E-state index in [1.165, 1.54) is 12.1 Å². The van der Waals surface area contributed by atoms with Gasteiger partial charge in [-0.25, -0.2) is 4.39 Å². The van der Waals surface area contributed by atoms with Gasteiger partial charge in [-0.1, -0.05) is 18.2 Å². The van der Waals surface area contributed by atoms with Crippen LogP contribution in [0, 0.1) is 5.82 Å². The minimum atomic E-state index is -0.826. The van der Waals surface area contributed by atoms with Crippen LogP contribution in [-0.2, 0) is 4.79 Å². The monoisotopic (exact) mass is 314 g/mol. The summed E-state index contributed by atoms with van der Waals surface area (Å²) < 4.78 is 13.7. The predicted octanol–water partition coefficient (Wildman–Crippen LogP) is 2.07. The quantitative estimate of drug-likeness (QED) is 0.911. The molecule has 6 heteroatoms. The lowest BCUT2D eigenvalue weighted by Crippen LogP contribution is -2.41. The Morgan fingerprint density at radius 1 is 1.22 bits per heavy atom. The Morgan fingerprint density at radius 3 is 2.65 bits per heavy atom. The van der Waals surface area contributed by atoms with Crippen molar-refractivity contribution in [1.82, 2.24) is 5.32 Å². The molecule has 1 aliphatic rings. The Balaban J connectivity index is 1.72. The van der Waals surface area contributed by atoms with Gasteiger partial charge in [0, 0.05) is 18.3 Å². The van der Waals surface area contributed by atoms with Crippen LogP contribution >= 0.6 is 0 Å². The minimum Gasteiger partial charge on any atom is -0.508 e. The lowest BCUT2D eigenvalue weighted by atomic mass is 10.1. The molecule has 1 heterocycles. The van der Waals surface area contributed by atoms with E-state index in [4.69, 9.17) is 0 Å². The number of phenolic OH excluding ortho intramolecular Hbond substituents is 1. The van der Waals surface area contributed by atoms with Gasteiger partial charge >= 0.3 is 0 Å². The highest BCUT2D eigenvalue weighted by atomic mass is 19.1. The van der Waals surface area contributed by atoms with E-state index in [1.807, 2.05) is 30.3 Å². The maximum absolute atomic E-state index is 13.7. The molecule has 2 amide bonds. The summed E-state index contributed by atoms with van der Waals surface area (Å²) in [5.74, 6) is -1.97. The molecule has 2 aromatic carbocycles. The molecule has 0 spiro atoms. The number of phenols is 1. The predicted molar refractivity (Wildman–Crippen MR) is 82.7 cm³/mol. The first-order valence-electron chi connectivity index (χ1n) is 7.22. The summed E-state index contributed by atoms with van der Waals surface area (Å²) in [6.45, 7) is 0.492. The summed E-state index contributed by atoms with van der Waals surface area (Å²) in [5, 5.41) is 11.7. The smallest absolute Gasteiger partial charge is 0.254 e. The van der Waals surface area contributed by atoms with Gasteiger partial charge in [0.2, 0.25) is 5.91 Å². The maximum atomic E-state index is 13.7. The van der Waals surface area contributed by atoms with Gasteiger partial charge in [0.15, 0.2) is 0 Å². The number of aromatic hydroxyl groups is 1. The van der Waals surface area contributed by atoms with Crippen molar-refractivity contribution in [3.63, 3.8) is 0 Å². The van der Waals surface area contributed by atoms with Crippen LogP contribution in [0.25, 0.3) is 0 Å². The number of nitrogens with zero attached hydrogens (tertiary/aromatic N) is 1. The van der Waals surface area contributed by atoms with Crippen molar-refractivity contribution in [3.05, 3.63) is 59.9 Å². The highest BCUT2D eigenvalue weighted by Crippen LogP contribution is 2.22. The molecular formula is C17H15FN2O3. The molecule has 0 radical (unpaired) electrons. The van der Waals surface area contributed by atoms with Gasteiger partial charge in [-0.2, -0.15) is 0 Å². The zero-order valence-electron chi connectivity index (χ0n) is 12.2. The van der Waals surface area contributed by atoms with Crippen LogP contribution in [0.2, 0.25) is 0 Å². The molecule has 1 fully saturated rings. The molecular weight excluding hydrogens is 299 g/mol. The van der Waals surface area contributed by atoms with Gasteiger partial charge in [-0.15, -0.1) is 0 Å². The molecule has 0 saturated carbocycles. The second kappa shape index (κ2) is 6.08. The largest absolute Gasteiger partial charge is 0.508 e. The van der Waals surface area contributed by atoms with Crippen LogP contribution in [0.3, 0.4) is 0 Å². The van der Waals surface area contributed by atoms with Crippen LogP contribution in [-0.4, -0.2) is 29.5 Å². The third-order valence-electron chi connectivity index (χ3n) is 3.78. The highest BCUT2D eigenvalue weighted by Gasteiger charge is 2.34. The third kappa shape index (κ3) is 3.01. The second-order valence-corrected chi connectivity index (χ2v) is 5.30. The summed E-state index contributed by atoms with van der Waals surface area (Å²) in [6, 6.07) is 11.8. The average Bonchev–Trinajstić information content (AvgIpc) is 2.89. The lowest BCUT2D eigenvalue weighted by Gasteiger charge is -2.17. The normalized spacial score (nSPS) is 17.3. The number of hydrogen-bond donors (Lipinski definition) is 2. The van der Waals surface area contributed by atoms with E-state index in [1.54, 1.807) is 4.90 Å². The molecule has 5 nitrogen and oxygen atoms in total. The first-order chi connectivity index (χ1) is 11.1. The molecule has 2 N–H and O–H groups in total. The molecule has 1 saturated heterocycles. The number of amides is 2. The SMILES string of the molecule is O=C(N[C@H]1CCN(c2ccccc2)C1=O)c1ccc(O)cc1F. The number of para-hydroxylation sites is 1. The fourth-order valence-corrected chi connectivity index (χ4v) is 2.60. The summed E-state index contributed by atoms with van der Waals surface area (Å²) in [6.07, 6.45) is 0.458. The number of carbonyl (C=O) groups excluding carboxylic acids is 2. The number of hydrogen-bond acceptors (Lipinski definition) is 3. The van der Waals surface area contributed by atoms with Crippen molar-refractivity contribution in [2.45, 2.75) is 12.5 Å². The number of halogens is 1. The molecule has 2 aromatic rings. The number of rotatable bonds is 3. The topological polar surface area (TPSA) is 69.6 Å².